The molecule has 0 aliphatic carbocycles. The third-order valence-electron chi connectivity index (χ3n) is 5.29. The van der Waals surface area contributed by atoms with E-state index >= 15 is 0 Å². The summed E-state index contributed by atoms with van der Waals surface area (Å²) in [5, 5.41) is 18.3. The number of rotatable bonds is 5. The van der Waals surface area contributed by atoms with Gasteiger partial charge >= 0.3 is 6.18 Å². The normalized spacial score (nSPS) is 14.0. The number of hydrogen-bond acceptors (Lipinski definition) is 5. The zero-order valence-electron chi connectivity index (χ0n) is 16.6. The molecule has 4 rings (SSSR count). The summed E-state index contributed by atoms with van der Waals surface area (Å²) in [4.78, 5) is 4.42. The summed E-state index contributed by atoms with van der Waals surface area (Å²) in [7, 11) is 0. The van der Waals surface area contributed by atoms with Gasteiger partial charge in [0.1, 0.15) is 5.69 Å². The largest absolute Gasteiger partial charge is 0.423 e. The summed E-state index contributed by atoms with van der Waals surface area (Å²) in [5.41, 5.74) is 6.47. The van der Waals surface area contributed by atoms with E-state index in [1.165, 1.54) is 11.6 Å². The number of nitrogen functional groups attached to an aromatic ring is 1. The number of aliphatic hydroxyl groups is 1. The summed E-state index contributed by atoms with van der Waals surface area (Å²) >= 11 is 0. The van der Waals surface area contributed by atoms with Crippen LogP contribution >= 0.6 is 0 Å². The van der Waals surface area contributed by atoms with Crippen LogP contribution in [0.15, 0.2) is 60.9 Å². The van der Waals surface area contributed by atoms with Crippen molar-refractivity contribution in [3.8, 4) is 11.1 Å². The third kappa shape index (κ3) is 3.84. The average Bonchev–Trinajstić information content (AvgIpc) is 3.20. The molecule has 160 valence electrons. The number of fused-ring (bicyclic) bond motifs is 1. The molecule has 4 aromatic rings. The molecule has 1 atom stereocenters. The van der Waals surface area contributed by atoms with Gasteiger partial charge in [0.25, 0.3) is 0 Å². The third-order valence-corrected chi connectivity index (χ3v) is 5.29. The number of anilines is 1. The summed E-state index contributed by atoms with van der Waals surface area (Å²) in [6.45, 7) is 1.43. The Morgan fingerprint density at radius 2 is 1.90 bits per heavy atom. The van der Waals surface area contributed by atoms with Gasteiger partial charge in [0.15, 0.2) is 0 Å². The van der Waals surface area contributed by atoms with Gasteiger partial charge in [-0.25, -0.2) is 4.68 Å². The molecule has 0 saturated heterocycles. The maximum Gasteiger partial charge on any atom is 0.423 e. The minimum Gasteiger partial charge on any atom is -0.399 e. The SMILES string of the molecule is CCC(O)(c1cn(Cc2ccc3c(-c4cccc(N)c4)ccnc3c2)nn1)C(F)(F)F. The Morgan fingerprint density at radius 3 is 2.61 bits per heavy atom. The van der Waals surface area contributed by atoms with Crippen LogP contribution in [0.25, 0.3) is 22.0 Å². The van der Waals surface area contributed by atoms with E-state index in [0.717, 1.165) is 33.8 Å². The number of hydrogen-bond donors (Lipinski definition) is 2. The van der Waals surface area contributed by atoms with Crippen molar-refractivity contribution in [2.24, 2.45) is 0 Å². The van der Waals surface area contributed by atoms with Crippen LogP contribution in [0.2, 0.25) is 0 Å². The molecular formula is C22H20F3N5O. The first kappa shape index (κ1) is 20.8. The zero-order chi connectivity index (χ0) is 22.2. The standard InChI is InChI=1S/C22H20F3N5O/c1-2-21(31,22(23,24)25)20-13-30(29-28-20)12-14-6-7-18-17(8-9-27-19(18)10-14)15-4-3-5-16(26)11-15/h3-11,13,31H,2,12,26H2,1H3. The fourth-order valence-corrected chi connectivity index (χ4v) is 3.53. The van der Waals surface area contributed by atoms with Crippen LogP contribution in [0, 0.1) is 0 Å². The molecule has 2 heterocycles. The van der Waals surface area contributed by atoms with Crippen LogP contribution in [-0.2, 0) is 12.1 Å². The van der Waals surface area contributed by atoms with Crippen LogP contribution in [0.3, 0.4) is 0 Å². The van der Waals surface area contributed by atoms with Crippen molar-refractivity contribution < 1.29 is 18.3 Å². The highest BCUT2D eigenvalue weighted by Crippen LogP contribution is 2.40. The monoisotopic (exact) mass is 427 g/mol. The van der Waals surface area contributed by atoms with Crippen LogP contribution in [-0.4, -0.2) is 31.3 Å². The highest BCUT2D eigenvalue weighted by atomic mass is 19.4. The van der Waals surface area contributed by atoms with Gasteiger partial charge in [-0.15, -0.1) is 5.10 Å². The van der Waals surface area contributed by atoms with Gasteiger partial charge in [0, 0.05) is 17.3 Å². The van der Waals surface area contributed by atoms with Crippen LogP contribution in [0.5, 0.6) is 0 Å². The first-order chi connectivity index (χ1) is 14.7. The van der Waals surface area contributed by atoms with Crippen molar-refractivity contribution in [3.05, 3.63) is 72.2 Å². The second-order valence-electron chi connectivity index (χ2n) is 7.35. The number of pyridine rings is 1. The number of nitrogens with two attached hydrogens (primary N) is 1. The van der Waals surface area contributed by atoms with Crippen LogP contribution < -0.4 is 5.73 Å². The van der Waals surface area contributed by atoms with Gasteiger partial charge in [-0.05, 0) is 47.4 Å². The quantitative estimate of drug-likeness (QED) is 0.464. The second kappa shape index (κ2) is 7.66. The topological polar surface area (TPSA) is 89.8 Å². The molecule has 1 unspecified atom stereocenters. The fraction of sp³-hybridized carbons (Fsp3) is 0.227. The van der Waals surface area contributed by atoms with Crippen molar-refractivity contribution in [1.82, 2.24) is 20.0 Å². The van der Waals surface area contributed by atoms with Gasteiger partial charge in [0.2, 0.25) is 5.60 Å². The average molecular weight is 427 g/mol. The molecule has 0 radical (unpaired) electrons. The minimum absolute atomic E-state index is 0.185. The van der Waals surface area contributed by atoms with Crippen molar-refractivity contribution in [2.45, 2.75) is 31.7 Å². The van der Waals surface area contributed by atoms with Crippen LogP contribution in [0.4, 0.5) is 18.9 Å². The van der Waals surface area contributed by atoms with Crippen molar-refractivity contribution in [1.29, 1.82) is 0 Å². The minimum atomic E-state index is -4.84. The predicted molar refractivity (Wildman–Crippen MR) is 111 cm³/mol. The van der Waals surface area contributed by atoms with E-state index < -0.39 is 23.9 Å². The molecule has 0 fully saturated rings. The number of aromatic nitrogens is 4. The van der Waals surface area contributed by atoms with Gasteiger partial charge in [-0.1, -0.05) is 36.4 Å². The predicted octanol–water partition coefficient (Wildman–Crippen LogP) is 4.28. The summed E-state index contributed by atoms with van der Waals surface area (Å²) in [6.07, 6.45) is -2.57. The fourth-order valence-electron chi connectivity index (χ4n) is 3.53. The molecule has 2 aromatic heterocycles. The number of benzene rings is 2. The molecule has 0 amide bonds. The molecule has 9 heteroatoms. The summed E-state index contributed by atoms with van der Waals surface area (Å²) in [6, 6.07) is 15.1. The second-order valence-corrected chi connectivity index (χ2v) is 7.35. The van der Waals surface area contributed by atoms with Gasteiger partial charge in [0.05, 0.1) is 18.3 Å². The molecule has 6 nitrogen and oxygen atoms in total. The Labute approximate surface area is 176 Å². The molecule has 0 bridgehead atoms. The lowest BCUT2D eigenvalue weighted by atomic mass is 9.96. The van der Waals surface area contributed by atoms with E-state index in [9.17, 15) is 18.3 Å². The Bertz CT molecular complexity index is 1240. The van der Waals surface area contributed by atoms with E-state index in [4.69, 9.17) is 5.73 Å². The Kier molecular flexibility index (Phi) is 5.14. The van der Waals surface area contributed by atoms with Crippen molar-refractivity contribution in [2.75, 3.05) is 5.73 Å². The molecule has 0 spiro atoms. The smallest absolute Gasteiger partial charge is 0.399 e. The summed E-state index contributed by atoms with van der Waals surface area (Å²) < 4.78 is 41.1. The van der Waals surface area contributed by atoms with Gasteiger partial charge < -0.3 is 10.8 Å². The maximum absolute atomic E-state index is 13.3. The number of halogens is 3. The first-order valence-electron chi connectivity index (χ1n) is 9.64. The zero-order valence-corrected chi connectivity index (χ0v) is 16.6. The molecule has 2 aromatic carbocycles. The Balaban J connectivity index is 1.65. The molecule has 0 saturated carbocycles. The summed E-state index contributed by atoms with van der Waals surface area (Å²) in [5.74, 6) is 0. The lowest BCUT2D eigenvalue weighted by Crippen LogP contribution is -2.42. The lowest BCUT2D eigenvalue weighted by Gasteiger charge is -2.26. The highest BCUT2D eigenvalue weighted by Gasteiger charge is 2.55. The lowest BCUT2D eigenvalue weighted by molar-refractivity contribution is -0.269. The van der Waals surface area contributed by atoms with E-state index in [2.05, 4.69) is 15.3 Å². The highest BCUT2D eigenvalue weighted by molar-refractivity contribution is 5.95. The Morgan fingerprint density at radius 1 is 1.10 bits per heavy atom. The van der Waals surface area contributed by atoms with Crippen LogP contribution in [0.1, 0.15) is 24.6 Å². The van der Waals surface area contributed by atoms with Gasteiger partial charge in [-0.2, -0.15) is 13.2 Å². The van der Waals surface area contributed by atoms with Gasteiger partial charge in [-0.3, -0.25) is 4.98 Å². The molecule has 0 aliphatic rings. The maximum atomic E-state index is 13.3. The van der Waals surface area contributed by atoms with E-state index in [0.29, 0.717) is 5.69 Å². The van der Waals surface area contributed by atoms with Crippen molar-refractivity contribution in [3.63, 3.8) is 0 Å². The number of nitrogens with zero attached hydrogens (tertiary/aromatic N) is 4. The van der Waals surface area contributed by atoms with Crippen molar-refractivity contribution >= 4 is 16.6 Å². The Hall–Kier alpha value is -3.46. The first-order valence-corrected chi connectivity index (χ1v) is 9.64. The van der Waals surface area contributed by atoms with E-state index in [-0.39, 0.29) is 6.54 Å². The van der Waals surface area contributed by atoms with E-state index in [1.54, 1.807) is 6.20 Å². The molecular weight excluding hydrogens is 407 g/mol. The molecule has 0 aliphatic heterocycles. The molecule has 3 N–H and O–H groups in total. The van der Waals surface area contributed by atoms with E-state index in [1.807, 2.05) is 48.5 Å². The number of alkyl halides is 3. The molecule has 31 heavy (non-hydrogen) atoms.